The standard InChI is InChI=1S/C25H21N3O4/c1-27(2)18-9-6-10-19(14-18)28-24(29)22(16-7-4-3-5-8-16)23(25(28)30)26-17-11-12-20-21(13-17)32-15-31-20/h3-14,26H,15H2,1-2H3. The van der Waals surface area contributed by atoms with Gasteiger partial charge in [0.25, 0.3) is 11.8 Å². The predicted molar refractivity (Wildman–Crippen MR) is 123 cm³/mol. The summed E-state index contributed by atoms with van der Waals surface area (Å²) in [6, 6.07) is 21.8. The topological polar surface area (TPSA) is 71.1 Å². The van der Waals surface area contributed by atoms with E-state index < -0.39 is 5.91 Å². The zero-order valence-electron chi connectivity index (χ0n) is 17.7. The molecule has 0 aromatic heterocycles. The monoisotopic (exact) mass is 427 g/mol. The summed E-state index contributed by atoms with van der Waals surface area (Å²) in [6.45, 7) is 0.157. The van der Waals surface area contributed by atoms with Gasteiger partial charge in [-0.05, 0) is 35.9 Å². The smallest absolute Gasteiger partial charge is 0.282 e. The van der Waals surface area contributed by atoms with Crippen molar-refractivity contribution in [3.8, 4) is 11.5 Å². The number of amides is 2. The Hall–Kier alpha value is -4.26. The number of ether oxygens (including phenoxy) is 2. The van der Waals surface area contributed by atoms with Crippen LogP contribution in [-0.4, -0.2) is 32.7 Å². The largest absolute Gasteiger partial charge is 0.454 e. The molecule has 0 saturated carbocycles. The Morgan fingerprint density at radius 3 is 2.41 bits per heavy atom. The molecule has 0 atom stereocenters. The van der Waals surface area contributed by atoms with E-state index in [0.29, 0.717) is 34.0 Å². The van der Waals surface area contributed by atoms with Crippen LogP contribution in [0.3, 0.4) is 0 Å². The zero-order chi connectivity index (χ0) is 22.2. The molecule has 0 aliphatic carbocycles. The maximum absolute atomic E-state index is 13.5. The Morgan fingerprint density at radius 2 is 1.62 bits per heavy atom. The van der Waals surface area contributed by atoms with Crippen molar-refractivity contribution >= 4 is 34.4 Å². The van der Waals surface area contributed by atoms with Crippen LogP contribution in [0.4, 0.5) is 17.1 Å². The van der Waals surface area contributed by atoms with Gasteiger partial charge in [0.05, 0.1) is 11.3 Å². The lowest BCUT2D eigenvalue weighted by atomic mass is 10.0. The Kier molecular flexibility index (Phi) is 4.78. The van der Waals surface area contributed by atoms with E-state index in [1.165, 1.54) is 4.90 Å². The third-order valence-electron chi connectivity index (χ3n) is 5.39. The summed E-state index contributed by atoms with van der Waals surface area (Å²) in [5.74, 6) is 0.440. The molecule has 0 spiro atoms. The first kappa shape index (κ1) is 19.7. The van der Waals surface area contributed by atoms with Crippen LogP contribution in [0.15, 0.2) is 78.5 Å². The van der Waals surface area contributed by atoms with Crippen molar-refractivity contribution in [1.29, 1.82) is 0 Å². The van der Waals surface area contributed by atoms with Gasteiger partial charge in [-0.25, -0.2) is 4.90 Å². The SMILES string of the molecule is CN(C)c1cccc(N2C(=O)C(Nc3ccc4c(c3)OCO4)=C(c3ccccc3)C2=O)c1. The molecule has 0 bridgehead atoms. The molecule has 3 aromatic rings. The second-order valence-corrected chi connectivity index (χ2v) is 7.67. The second kappa shape index (κ2) is 7.77. The van der Waals surface area contributed by atoms with Gasteiger partial charge in [0.2, 0.25) is 6.79 Å². The fraction of sp³-hybridized carbons (Fsp3) is 0.120. The highest BCUT2D eigenvalue weighted by Gasteiger charge is 2.40. The van der Waals surface area contributed by atoms with E-state index in [2.05, 4.69) is 5.32 Å². The number of nitrogens with one attached hydrogen (secondary N) is 1. The third-order valence-corrected chi connectivity index (χ3v) is 5.39. The van der Waals surface area contributed by atoms with Crippen molar-refractivity contribution < 1.29 is 19.1 Å². The van der Waals surface area contributed by atoms with Crippen LogP contribution >= 0.6 is 0 Å². The summed E-state index contributed by atoms with van der Waals surface area (Å²) in [5, 5.41) is 3.16. The molecule has 1 N–H and O–H groups in total. The number of fused-ring (bicyclic) bond motifs is 1. The van der Waals surface area contributed by atoms with Gasteiger partial charge in [-0.15, -0.1) is 0 Å². The third kappa shape index (κ3) is 3.33. The molecule has 7 heteroatoms. The molecule has 2 aliphatic rings. The minimum atomic E-state index is -0.414. The van der Waals surface area contributed by atoms with Gasteiger partial charge in [-0.1, -0.05) is 36.4 Å². The first-order valence-corrected chi connectivity index (χ1v) is 10.2. The molecule has 0 radical (unpaired) electrons. The lowest BCUT2D eigenvalue weighted by molar-refractivity contribution is -0.120. The van der Waals surface area contributed by atoms with Gasteiger partial charge < -0.3 is 19.7 Å². The first-order valence-electron chi connectivity index (χ1n) is 10.2. The van der Waals surface area contributed by atoms with Crippen molar-refractivity contribution in [2.75, 3.05) is 36.0 Å². The van der Waals surface area contributed by atoms with E-state index in [4.69, 9.17) is 9.47 Å². The fourth-order valence-electron chi connectivity index (χ4n) is 3.78. The second-order valence-electron chi connectivity index (χ2n) is 7.67. The quantitative estimate of drug-likeness (QED) is 0.623. The first-order chi connectivity index (χ1) is 15.5. The molecule has 3 aromatic carbocycles. The van der Waals surface area contributed by atoms with Crippen LogP contribution in [0.25, 0.3) is 5.57 Å². The predicted octanol–water partition coefficient (Wildman–Crippen LogP) is 3.88. The summed E-state index contributed by atoms with van der Waals surface area (Å²) in [4.78, 5) is 30.2. The van der Waals surface area contributed by atoms with E-state index in [1.54, 1.807) is 24.3 Å². The van der Waals surface area contributed by atoms with Crippen LogP contribution in [0.5, 0.6) is 11.5 Å². The molecular formula is C25H21N3O4. The minimum Gasteiger partial charge on any atom is -0.454 e. The zero-order valence-corrected chi connectivity index (χ0v) is 17.7. The molecule has 0 saturated heterocycles. The molecule has 2 amide bonds. The molecule has 2 aliphatic heterocycles. The number of rotatable bonds is 5. The van der Waals surface area contributed by atoms with Gasteiger partial charge in [0.15, 0.2) is 11.5 Å². The molecule has 7 nitrogen and oxygen atoms in total. The number of carbonyl (C=O) groups is 2. The van der Waals surface area contributed by atoms with Crippen LogP contribution in [0, 0.1) is 0 Å². The van der Waals surface area contributed by atoms with Crippen molar-refractivity contribution in [2.24, 2.45) is 0 Å². The number of imide groups is 1. The van der Waals surface area contributed by atoms with Crippen molar-refractivity contribution in [1.82, 2.24) is 0 Å². The molecule has 160 valence electrons. The van der Waals surface area contributed by atoms with Gasteiger partial charge in [0, 0.05) is 31.5 Å². The fourth-order valence-corrected chi connectivity index (χ4v) is 3.78. The number of hydrogen-bond donors (Lipinski definition) is 1. The van der Waals surface area contributed by atoms with Gasteiger partial charge in [0.1, 0.15) is 5.70 Å². The van der Waals surface area contributed by atoms with Gasteiger partial charge in [-0.3, -0.25) is 9.59 Å². The highest BCUT2D eigenvalue weighted by molar-refractivity contribution is 6.46. The number of carbonyl (C=O) groups excluding carboxylic acids is 2. The van der Waals surface area contributed by atoms with Gasteiger partial charge in [-0.2, -0.15) is 0 Å². The maximum atomic E-state index is 13.5. The van der Waals surface area contributed by atoms with Crippen molar-refractivity contribution in [3.05, 3.63) is 84.1 Å². The normalized spacial score (nSPS) is 14.9. The number of benzene rings is 3. The Morgan fingerprint density at radius 1 is 0.844 bits per heavy atom. The Balaban J connectivity index is 1.58. The van der Waals surface area contributed by atoms with Crippen LogP contribution < -0.4 is 24.6 Å². The molecule has 5 rings (SSSR count). The molecule has 2 heterocycles. The lowest BCUT2D eigenvalue weighted by Crippen LogP contribution is -2.32. The van der Waals surface area contributed by atoms with E-state index in [0.717, 1.165) is 5.69 Å². The number of anilines is 3. The Labute approximate surface area is 185 Å². The van der Waals surface area contributed by atoms with E-state index >= 15 is 0 Å². The lowest BCUT2D eigenvalue weighted by Gasteiger charge is -2.19. The van der Waals surface area contributed by atoms with Crippen molar-refractivity contribution in [2.45, 2.75) is 0 Å². The van der Waals surface area contributed by atoms with Gasteiger partial charge >= 0.3 is 0 Å². The number of nitrogens with zero attached hydrogens (tertiary/aromatic N) is 2. The van der Waals surface area contributed by atoms with Crippen LogP contribution in [-0.2, 0) is 9.59 Å². The molecule has 32 heavy (non-hydrogen) atoms. The average molecular weight is 427 g/mol. The van der Waals surface area contributed by atoms with E-state index in [-0.39, 0.29) is 18.4 Å². The maximum Gasteiger partial charge on any atom is 0.282 e. The summed E-state index contributed by atoms with van der Waals surface area (Å²) < 4.78 is 10.8. The van der Waals surface area contributed by atoms with Crippen LogP contribution in [0.2, 0.25) is 0 Å². The van der Waals surface area contributed by atoms with Crippen LogP contribution in [0.1, 0.15) is 5.56 Å². The minimum absolute atomic E-state index is 0.157. The summed E-state index contributed by atoms with van der Waals surface area (Å²) in [7, 11) is 3.82. The average Bonchev–Trinajstić information content (AvgIpc) is 3.36. The molecule has 0 fully saturated rings. The number of hydrogen-bond acceptors (Lipinski definition) is 6. The molecular weight excluding hydrogens is 406 g/mol. The van der Waals surface area contributed by atoms with E-state index in [1.807, 2.05) is 67.5 Å². The summed E-state index contributed by atoms with van der Waals surface area (Å²) >= 11 is 0. The van der Waals surface area contributed by atoms with Crippen molar-refractivity contribution in [3.63, 3.8) is 0 Å². The van der Waals surface area contributed by atoms with E-state index in [9.17, 15) is 9.59 Å². The summed E-state index contributed by atoms with van der Waals surface area (Å²) in [5.41, 5.74) is 3.24. The summed E-state index contributed by atoms with van der Waals surface area (Å²) in [6.07, 6.45) is 0. The highest BCUT2D eigenvalue weighted by Crippen LogP contribution is 2.38. The highest BCUT2D eigenvalue weighted by atomic mass is 16.7. The Bertz CT molecular complexity index is 1250. The molecule has 0 unspecified atom stereocenters.